The van der Waals surface area contributed by atoms with E-state index in [2.05, 4.69) is 40.4 Å². The van der Waals surface area contributed by atoms with Gasteiger partial charge in [0, 0.05) is 18.9 Å². The van der Waals surface area contributed by atoms with Crippen molar-refractivity contribution in [3.63, 3.8) is 0 Å². The van der Waals surface area contributed by atoms with Crippen LogP contribution >= 0.6 is 0 Å². The minimum absolute atomic E-state index is 0.196. The minimum Gasteiger partial charge on any atom is -0.370 e. The van der Waals surface area contributed by atoms with Crippen LogP contribution in [0.2, 0.25) is 0 Å². The molecule has 1 N–H and O–H groups in total. The van der Waals surface area contributed by atoms with E-state index in [1.54, 1.807) is 6.20 Å². The average Bonchev–Trinajstić information content (AvgIpc) is 2.72. The maximum atomic E-state index is 4.47. The van der Waals surface area contributed by atoms with E-state index < -0.39 is 0 Å². The SMILES string of the molecule is CN(C)C(C1=NCCN1)c1cccnc1. The lowest BCUT2D eigenvalue weighted by molar-refractivity contribution is 0.365. The molecule has 0 bridgehead atoms. The first kappa shape index (κ1) is 10.1. The highest BCUT2D eigenvalue weighted by atomic mass is 15.2. The van der Waals surface area contributed by atoms with Crippen molar-refractivity contribution in [3.05, 3.63) is 30.1 Å². The summed E-state index contributed by atoms with van der Waals surface area (Å²) in [6, 6.07) is 4.24. The zero-order chi connectivity index (χ0) is 10.7. The molecule has 0 spiro atoms. The quantitative estimate of drug-likeness (QED) is 0.787. The van der Waals surface area contributed by atoms with E-state index in [1.807, 2.05) is 12.3 Å². The van der Waals surface area contributed by atoms with Gasteiger partial charge in [0.25, 0.3) is 0 Å². The maximum absolute atomic E-state index is 4.47. The molecule has 0 aliphatic carbocycles. The number of hydrogen-bond acceptors (Lipinski definition) is 4. The summed E-state index contributed by atoms with van der Waals surface area (Å²) in [4.78, 5) is 10.8. The van der Waals surface area contributed by atoms with E-state index >= 15 is 0 Å². The minimum atomic E-state index is 0.196. The molecule has 1 atom stereocenters. The molecule has 0 aromatic carbocycles. The summed E-state index contributed by atoms with van der Waals surface area (Å²) in [6.07, 6.45) is 3.69. The van der Waals surface area contributed by atoms with Crippen molar-refractivity contribution in [2.24, 2.45) is 4.99 Å². The van der Waals surface area contributed by atoms with Crippen LogP contribution in [0.3, 0.4) is 0 Å². The predicted molar refractivity (Wildman–Crippen MR) is 61.0 cm³/mol. The van der Waals surface area contributed by atoms with Crippen molar-refractivity contribution >= 4 is 5.84 Å². The van der Waals surface area contributed by atoms with Crippen LogP contribution in [0.15, 0.2) is 29.5 Å². The highest BCUT2D eigenvalue weighted by Crippen LogP contribution is 2.19. The van der Waals surface area contributed by atoms with Crippen LogP contribution < -0.4 is 5.32 Å². The van der Waals surface area contributed by atoms with Crippen LogP contribution in [-0.2, 0) is 0 Å². The summed E-state index contributed by atoms with van der Waals surface area (Å²) < 4.78 is 0. The summed E-state index contributed by atoms with van der Waals surface area (Å²) >= 11 is 0. The van der Waals surface area contributed by atoms with Gasteiger partial charge in [-0.25, -0.2) is 0 Å². The molecule has 1 aromatic rings. The van der Waals surface area contributed by atoms with Crippen LogP contribution in [0.5, 0.6) is 0 Å². The fourth-order valence-corrected chi connectivity index (χ4v) is 1.84. The molecule has 1 unspecified atom stereocenters. The number of aromatic nitrogens is 1. The number of aliphatic imine (C=N–C) groups is 1. The monoisotopic (exact) mass is 204 g/mol. The molecular formula is C11H16N4. The Morgan fingerprint density at radius 3 is 2.87 bits per heavy atom. The zero-order valence-electron chi connectivity index (χ0n) is 9.14. The van der Waals surface area contributed by atoms with E-state index in [0.717, 1.165) is 18.9 Å². The third kappa shape index (κ3) is 2.15. The van der Waals surface area contributed by atoms with Crippen molar-refractivity contribution in [3.8, 4) is 0 Å². The van der Waals surface area contributed by atoms with Gasteiger partial charge in [-0.3, -0.25) is 14.9 Å². The van der Waals surface area contributed by atoms with Crippen molar-refractivity contribution in [1.29, 1.82) is 0 Å². The van der Waals surface area contributed by atoms with Crippen LogP contribution in [0.4, 0.5) is 0 Å². The maximum Gasteiger partial charge on any atom is 0.119 e. The second-order valence-electron chi connectivity index (χ2n) is 3.85. The normalized spacial score (nSPS) is 17.4. The standard InChI is InChI=1S/C11H16N4/c1-15(2)10(11-13-6-7-14-11)9-4-3-5-12-8-9/h3-5,8,10H,6-7H2,1-2H3,(H,13,14). The van der Waals surface area contributed by atoms with Crippen LogP contribution in [-0.4, -0.2) is 42.9 Å². The number of likely N-dealkylation sites (N-methyl/N-ethyl adjacent to an activating group) is 1. The summed E-state index contributed by atoms with van der Waals surface area (Å²) in [5.41, 5.74) is 1.18. The first-order valence-corrected chi connectivity index (χ1v) is 5.13. The molecule has 1 aliphatic rings. The second-order valence-corrected chi connectivity index (χ2v) is 3.85. The molecular weight excluding hydrogens is 188 g/mol. The van der Waals surface area contributed by atoms with Crippen molar-refractivity contribution in [2.75, 3.05) is 27.2 Å². The number of hydrogen-bond donors (Lipinski definition) is 1. The fraction of sp³-hybridized carbons (Fsp3) is 0.455. The van der Waals surface area contributed by atoms with Gasteiger partial charge in [-0.05, 0) is 25.7 Å². The van der Waals surface area contributed by atoms with E-state index in [0.29, 0.717) is 0 Å². The van der Waals surface area contributed by atoms with Crippen molar-refractivity contribution in [2.45, 2.75) is 6.04 Å². The lowest BCUT2D eigenvalue weighted by Gasteiger charge is -2.24. The lowest BCUT2D eigenvalue weighted by atomic mass is 10.1. The number of nitrogens with one attached hydrogen (secondary N) is 1. The molecule has 1 aliphatic heterocycles. The van der Waals surface area contributed by atoms with Gasteiger partial charge in [-0.2, -0.15) is 0 Å². The first-order chi connectivity index (χ1) is 7.29. The fourth-order valence-electron chi connectivity index (χ4n) is 1.84. The summed E-state index contributed by atoms with van der Waals surface area (Å²) in [5, 5.41) is 3.32. The Bertz CT molecular complexity index is 345. The third-order valence-corrected chi connectivity index (χ3v) is 2.48. The number of rotatable bonds is 3. The second kappa shape index (κ2) is 4.40. The predicted octanol–water partition coefficient (Wildman–Crippen LogP) is 0.686. The van der Waals surface area contributed by atoms with Gasteiger partial charge < -0.3 is 5.32 Å². The summed E-state index contributed by atoms with van der Waals surface area (Å²) in [7, 11) is 4.11. The molecule has 4 nitrogen and oxygen atoms in total. The van der Waals surface area contributed by atoms with Gasteiger partial charge in [0.2, 0.25) is 0 Å². The number of nitrogens with zero attached hydrogens (tertiary/aromatic N) is 3. The Morgan fingerprint density at radius 2 is 2.33 bits per heavy atom. The molecule has 0 saturated heterocycles. The van der Waals surface area contributed by atoms with E-state index in [1.165, 1.54) is 5.56 Å². The van der Waals surface area contributed by atoms with Crippen LogP contribution in [0.1, 0.15) is 11.6 Å². The lowest BCUT2D eigenvalue weighted by Crippen LogP contribution is -2.34. The molecule has 15 heavy (non-hydrogen) atoms. The zero-order valence-corrected chi connectivity index (χ0v) is 9.14. The van der Waals surface area contributed by atoms with Crippen LogP contribution in [0.25, 0.3) is 0 Å². The van der Waals surface area contributed by atoms with E-state index in [4.69, 9.17) is 0 Å². The molecule has 2 heterocycles. The van der Waals surface area contributed by atoms with E-state index in [9.17, 15) is 0 Å². The summed E-state index contributed by atoms with van der Waals surface area (Å²) in [5.74, 6) is 1.05. The molecule has 0 amide bonds. The van der Waals surface area contributed by atoms with E-state index in [-0.39, 0.29) is 6.04 Å². The van der Waals surface area contributed by atoms with Crippen molar-refractivity contribution < 1.29 is 0 Å². The highest BCUT2D eigenvalue weighted by molar-refractivity contribution is 5.89. The third-order valence-electron chi connectivity index (χ3n) is 2.48. The van der Waals surface area contributed by atoms with Crippen molar-refractivity contribution in [1.82, 2.24) is 15.2 Å². The van der Waals surface area contributed by atoms with Gasteiger partial charge in [0.05, 0.1) is 12.6 Å². The largest absolute Gasteiger partial charge is 0.370 e. The highest BCUT2D eigenvalue weighted by Gasteiger charge is 2.22. The Labute approximate surface area is 90.0 Å². The average molecular weight is 204 g/mol. The Balaban J connectivity index is 2.28. The molecule has 0 fully saturated rings. The topological polar surface area (TPSA) is 40.5 Å². The number of pyridine rings is 1. The van der Waals surface area contributed by atoms with Gasteiger partial charge in [0.15, 0.2) is 0 Å². The molecule has 4 heteroatoms. The Hall–Kier alpha value is -1.42. The molecule has 0 radical (unpaired) electrons. The molecule has 80 valence electrons. The first-order valence-electron chi connectivity index (χ1n) is 5.13. The Morgan fingerprint density at radius 1 is 1.47 bits per heavy atom. The molecule has 1 aromatic heterocycles. The smallest absolute Gasteiger partial charge is 0.119 e. The van der Waals surface area contributed by atoms with Gasteiger partial charge in [0.1, 0.15) is 5.84 Å². The van der Waals surface area contributed by atoms with Crippen LogP contribution in [0, 0.1) is 0 Å². The summed E-state index contributed by atoms with van der Waals surface area (Å²) in [6.45, 7) is 1.82. The number of amidine groups is 1. The Kier molecular flexibility index (Phi) is 2.97. The van der Waals surface area contributed by atoms with Gasteiger partial charge >= 0.3 is 0 Å². The van der Waals surface area contributed by atoms with Gasteiger partial charge in [-0.15, -0.1) is 0 Å². The van der Waals surface area contributed by atoms with Gasteiger partial charge in [-0.1, -0.05) is 6.07 Å². The molecule has 0 saturated carbocycles. The molecule has 2 rings (SSSR count).